The number of carbonyl (C=O) groups is 1. The molecule has 1 heterocycles. The van der Waals surface area contributed by atoms with Gasteiger partial charge in [-0.05, 0) is 30.3 Å². The Kier molecular flexibility index (Phi) is 5.55. The summed E-state index contributed by atoms with van der Waals surface area (Å²) in [5.41, 5.74) is 0.607. The molecule has 1 aliphatic heterocycles. The summed E-state index contributed by atoms with van der Waals surface area (Å²) in [6.07, 6.45) is 0. The van der Waals surface area contributed by atoms with E-state index in [9.17, 15) is 4.79 Å². The van der Waals surface area contributed by atoms with Crippen LogP contribution in [0.3, 0.4) is 0 Å². The first kappa shape index (κ1) is 17.3. The molecule has 0 radical (unpaired) electrons. The summed E-state index contributed by atoms with van der Waals surface area (Å²) in [5, 5.41) is 2.85. The van der Waals surface area contributed by atoms with Crippen LogP contribution in [0.15, 0.2) is 41.3 Å². The lowest BCUT2D eigenvalue weighted by molar-refractivity contribution is -0.113. The van der Waals surface area contributed by atoms with E-state index in [0.29, 0.717) is 36.1 Å². The van der Waals surface area contributed by atoms with Gasteiger partial charge in [-0.1, -0.05) is 0 Å². The maximum atomic E-state index is 12.2. The molecule has 2 aromatic carbocycles. The quantitative estimate of drug-likeness (QED) is 0.797. The Hall–Kier alpha value is -2.54. The van der Waals surface area contributed by atoms with Gasteiger partial charge >= 0.3 is 0 Å². The largest absolute Gasteiger partial charge is 0.497 e. The third-order valence-electron chi connectivity index (χ3n) is 3.57. The van der Waals surface area contributed by atoms with Crippen molar-refractivity contribution in [3.63, 3.8) is 0 Å². The molecule has 6 nitrogen and oxygen atoms in total. The number of amides is 1. The van der Waals surface area contributed by atoms with Crippen molar-refractivity contribution in [1.29, 1.82) is 0 Å². The number of hydrogen-bond donors (Lipinski definition) is 1. The van der Waals surface area contributed by atoms with Crippen LogP contribution in [0.1, 0.15) is 0 Å². The van der Waals surface area contributed by atoms with Crippen molar-refractivity contribution >= 4 is 23.4 Å². The third-order valence-corrected chi connectivity index (χ3v) is 4.56. The van der Waals surface area contributed by atoms with Crippen molar-refractivity contribution in [3.05, 3.63) is 36.4 Å². The van der Waals surface area contributed by atoms with Gasteiger partial charge in [-0.2, -0.15) is 0 Å². The molecule has 0 bridgehead atoms. The predicted molar refractivity (Wildman–Crippen MR) is 96.3 cm³/mol. The fraction of sp³-hybridized carbons (Fsp3) is 0.278. The maximum absolute atomic E-state index is 12.2. The third kappa shape index (κ3) is 4.30. The topological polar surface area (TPSA) is 66.0 Å². The number of thioether (sulfide) groups is 1. The number of anilines is 1. The molecule has 0 spiro atoms. The Balaban J connectivity index is 1.60. The smallest absolute Gasteiger partial charge is 0.234 e. The Bertz CT molecular complexity index is 765. The average molecular weight is 361 g/mol. The van der Waals surface area contributed by atoms with Crippen LogP contribution in [-0.2, 0) is 4.79 Å². The molecular formula is C18H19NO5S. The van der Waals surface area contributed by atoms with Crippen LogP contribution >= 0.6 is 11.8 Å². The molecule has 2 aromatic rings. The molecule has 132 valence electrons. The normalized spacial score (nSPS) is 12.4. The fourth-order valence-corrected chi connectivity index (χ4v) is 3.07. The van der Waals surface area contributed by atoms with Crippen LogP contribution in [0.5, 0.6) is 23.0 Å². The van der Waals surface area contributed by atoms with Crippen LogP contribution < -0.4 is 24.3 Å². The van der Waals surface area contributed by atoms with Crippen molar-refractivity contribution in [3.8, 4) is 23.0 Å². The van der Waals surface area contributed by atoms with Crippen molar-refractivity contribution in [1.82, 2.24) is 0 Å². The van der Waals surface area contributed by atoms with E-state index in [1.165, 1.54) is 11.8 Å². The number of ether oxygens (including phenoxy) is 4. The van der Waals surface area contributed by atoms with Gasteiger partial charge in [0.2, 0.25) is 5.91 Å². The number of hydrogen-bond acceptors (Lipinski definition) is 6. The van der Waals surface area contributed by atoms with E-state index in [4.69, 9.17) is 18.9 Å². The number of nitrogens with one attached hydrogen (secondary N) is 1. The summed E-state index contributed by atoms with van der Waals surface area (Å²) in [7, 11) is 3.13. The molecule has 0 saturated carbocycles. The maximum Gasteiger partial charge on any atom is 0.234 e. The van der Waals surface area contributed by atoms with Crippen molar-refractivity contribution < 1.29 is 23.7 Å². The molecule has 25 heavy (non-hydrogen) atoms. The van der Waals surface area contributed by atoms with E-state index >= 15 is 0 Å². The van der Waals surface area contributed by atoms with Gasteiger partial charge in [0.15, 0.2) is 11.5 Å². The first-order valence-corrected chi connectivity index (χ1v) is 8.72. The molecule has 0 fully saturated rings. The summed E-state index contributed by atoms with van der Waals surface area (Å²) in [6.45, 7) is 1.10. The monoisotopic (exact) mass is 361 g/mol. The molecule has 3 rings (SSSR count). The van der Waals surface area contributed by atoms with Crippen LogP contribution in [0.25, 0.3) is 0 Å². The van der Waals surface area contributed by atoms with Gasteiger partial charge in [0.25, 0.3) is 0 Å². The van der Waals surface area contributed by atoms with E-state index in [0.717, 1.165) is 10.6 Å². The highest BCUT2D eigenvalue weighted by Crippen LogP contribution is 2.34. The van der Waals surface area contributed by atoms with Gasteiger partial charge in [-0.25, -0.2) is 0 Å². The highest BCUT2D eigenvalue weighted by molar-refractivity contribution is 8.00. The van der Waals surface area contributed by atoms with Gasteiger partial charge in [-0.15, -0.1) is 11.8 Å². The Labute approximate surface area is 150 Å². The van der Waals surface area contributed by atoms with E-state index < -0.39 is 0 Å². The molecule has 1 N–H and O–H groups in total. The highest BCUT2D eigenvalue weighted by Gasteiger charge is 2.13. The Morgan fingerprint density at radius 3 is 2.64 bits per heavy atom. The summed E-state index contributed by atoms with van der Waals surface area (Å²) in [6, 6.07) is 10.9. The Morgan fingerprint density at radius 2 is 1.88 bits per heavy atom. The van der Waals surface area contributed by atoms with Gasteiger partial charge in [-0.3, -0.25) is 4.79 Å². The summed E-state index contributed by atoms with van der Waals surface area (Å²) < 4.78 is 21.5. The van der Waals surface area contributed by atoms with Gasteiger partial charge in [0.1, 0.15) is 24.7 Å². The minimum atomic E-state index is -0.122. The van der Waals surface area contributed by atoms with Gasteiger partial charge < -0.3 is 24.3 Å². The number of carbonyl (C=O) groups excluding carboxylic acids is 1. The van der Waals surface area contributed by atoms with E-state index in [1.54, 1.807) is 32.4 Å². The molecule has 0 aliphatic carbocycles. The summed E-state index contributed by atoms with van der Waals surface area (Å²) >= 11 is 1.43. The van der Waals surface area contributed by atoms with E-state index in [1.807, 2.05) is 18.2 Å². The summed E-state index contributed by atoms with van der Waals surface area (Å²) in [5.74, 6) is 2.83. The lowest BCUT2D eigenvalue weighted by Gasteiger charge is -2.18. The number of methoxy groups -OCH3 is 2. The van der Waals surface area contributed by atoms with Crippen LogP contribution in [0, 0.1) is 0 Å². The second-order valence-corrected chi connectivity index (χ2v) is 6.26. The first-order valence-electron chi connectivity index (χ1n) is 7.74. The Morgan fingerprint density at radius 1 is 1.08 bits per heavy atom. The molecule has 1 amide bonds. The minimum Gasteiger partial charge on any atom is -0.497 e. The SMILES string of the molecule is COc1ccc(NC(=O)CSc2ccc3c(c2)OCCO3)c(OC)c1. The van der Waals surface area contributed by atoms with Gasteiger partial charge in [0, 0.05) is 11.0 Å². The zero-order chi connectivity index (χ0) is 17.6. The molecule has 1 aliphatic rings. The van der Waals surface area contributed by atoms with Crippen LogP contribution in [-0.4, -0.2) is 39.1 Å². The van der Waals surface area contributed by atoms with Crippen molar-refractivity contribution in [2.45, 2.75) is 4.90 Å². The lowest BCUT2D eigenvalue weighted by atomic mass is 10.2. The van der Waals surface area contributed by atoms with Gasteiger partial charge in [0.05, 0.1) is 25.7 Å². The highest BCUT2D eigenvalue weighted by atomic mass is 32.2. The zero-order valence-electron chi connectivity index (χ0n) is 14.0. The second kappa shape index (κ2) is 8.02. The molecule has 0 saturated heterocycles. The number of fused-ring (bicyclic) bond motifs is 1. The van der Waals surface area contributed by atoms with E-state index in [2.05, 4.69) is 5.32 Å². The van der Waals surface area contributed by atoms with Crippen LogP contribution in [0.4, 0.5) is 5.69 Å². The summed E-state index contributed by atoms with van der Waals surface area (Å²) in [4.78, 5) is 13.2. The number of rotatable bonds is 6. The van der Waals surface area contributed by atoms with Crippen molar-refractivity contribution in [2.75, 3.05) is 38.5 Å². The molecule has 7 heteroatoms. The minimum absolute atomic E-state index is 0.122. The number of benzene rings is 2. The molecular weight excluding hydrogens is 342 g/mol. The first-order chi connectivity index (χ1) is 12.2. The standard InChI is InChI=1S/C18H19NO5S/c1-21-12-3-5-14(16(9-12)22-2)19-18(20)11-25-13-4-6-15-17(10-13)24-8-7-23-15/h3-6,9-10H,7-8,11H2,1-2H3,(H,19,20). The molecule has 0 atom stereocenters. The van der Waals surface area contributed by atoms with Crippen LogP contribution in [0.2, 0.25) is 0 Å². The predicted octanol–water partition coefficient (Wildman–Crippen LogP) is 3.21. The second-order valence-electron chi connectivity index (χ2n) is 5.21. The molecule has 0 aromatic heterocycles. The lowest BCUT2D eigenvalue weighted by Crippen LogP contribution is -2.16. The van der Waals surface area contributed by atoms with Crippen molar-refractivity contribution in [2.24, 2.45) is 0 Å². The van der Waals surface area contributed by atoms with E-state index in [-0.39, 0.29) is 11.7 Å². The average Bonchev–Trinajstić information content (AvgIpc) is 2.66. The fourth-order valence-electron chi connectivity index (χ4n) is 2.35. The molecule has 0 unspecified atom stereocenters. The zero-order valence-corrected chi connectivity index (χ0v) is 14.9.